The van der Waals surface area contributed by atoms with Crippen molar-refractivity contribution in [2.75, 3.05) is 6.54 Å². The van der Waals surface area contributed by atoms with E-state index in [9.17, 15) is 4.79 Å². The Morgan fingerprint density at radius 2 is 2.10 bits per heavy atom. The van der Waals surface area contributed by atoms with E-state index in [4.69, 9.17) is 0 Å². The Labute approximate surface area is 127 Å². The third kappa shape index (κ3) is 3.11. The molecule has 3 aromatic rings. The van der Waals surface area contributed by atoms with E-state index in [1.165, 1.54) is 4.88 Å². The van der Waals surface area contributed by atoms with E-state index in [1.54, 1.807) is 11.3 Å². The average molecular weight is 296 g/mol. The van der Waals surface area contributed by atoms with Gasteiger partial charge in [0.2, 0.25) is 0 Å². The molecule has 3 nitrogen and oxygen atoms in total. The van der Waals surface area contributed by atoms with Gasteiger partial charge in [-0.1, -0.05) is 24.3 Å². The van der Waals surface area contributed by atoms with Crippen molar-refractivity contribution in [2.45, 2.75) is 13.3 Å². The highest BCUT2D eigenvalue weighted by Gasteiger charge is 2.11. The molecule has 1 aromatic carbocycles. The molecule has 0 aliphatic carbocycles. The van der Waals surface area contributed by atoms with Gasteiger partial charge in [-0.25, -0.2) is 0 Å². The molecule has 0 unspecified atom stereocenters. The average Bonchev–Trinajstić information content (AvgIpc) is 2.99. The first-order chi connectivity index (χ1) is 10.2. The number of carbonyl (C=O) groups is 1. The minimum Gasteiger partial charge on any atom is -0.352 e. The second-order valence-electron chi connectivity index (χ2n) is 4.91. The second-order valence-corrected chi connectivity index (χ2v) is 5.95. The van der Waals surface area contributed by atoms with Gasteiger partial charge in [0.25, 0.3) is 5.91 Å². The highest BCUT2D eigenvalue weighted by atomic mass is 32.1. The molecular formula is C17H16N2OS. The van der Waals surface area contributed by atoms with Gasteiger partial charge >= 0.3 is 0 Å². The number of fused-ring (bicyclic) bond motifs is 1. The number of nitrogens with one attached hydrogen (secondary N) is 1. The van der Waals surface area contributed by atoms with Gasteiger partial charge in [-0.05, 0) is 36.9 Å². The minimum atomic E-state index is -0.0340. The van der Waals surface area contributed by atoms with Crippen molar-refractivity contribution in [2.24, 2.45) is 0 Å². The van der Waals surface area contributed by atoms with Crippen LogP contribution in [0.2, 0.25) is 0 Å². The lowest BCUT2D eigenvalue weighted by Gasteiger charge is -2.08. The Morgan fingerprint density at radius 1 is 1.24 bits per heavy atom. The summed E-state index contributed by atoms with van der Waals surface area (Å²) < 4.78 is 0. The molecule has 0 aliphatic heterocycles. The highest BCUT2D eigenvalue weighted by Crippen LogP contribution is 2.18. The fourth-order valence-corrected chi connectivity index (χ4v) is 3.05. The first kappa shape index (κ1) is 13.8. The Morgan fingerprint density at radius 3 is 2.90 bits per heavy atom. The molecule has 106 valence electrons. The predicted octanol–water partition coefficient (Wildman–Crippen LogP) is 3.58. The summed E-state index contributed by atoms with van der Waals surface area (Å²) in [6.45, 7) is 2.56. The molecule has 0 bridgehead atoms. The fraction of sp³-hybridized carbons (Fsp3) is 0.176. The van der Waals surface area contributed by atoms with Crippen LogP contribution in [0.5, 0.6) is 0 Å². The maximum absolute atomic E-state index is 12.4. The summed E-state index contributed by atoms with van der Waals surface area (Å²) in [5, 5.41) is 5.95. The number of hydrogen-bond acceptors (Lipinski definition) is 3. The van der Waals surface area contributed by atoms with Gasteiger partial charge < -0.3 is 5.32 Å². The lowest BCUT2D eigenvalue weighted by Crippen LogP contribution is -2.26. The molecule has 1 N–H and O–H groups in total. The molecule has 0 saturated carbocycles. The Balaban J connectivity index is 1.78. The second kappa shape index (κ2) is 6.06. The maximum atomic E-state index is 12.4. The van der Waals surface area contributed by atoms with Gasteiger partial charge in [-0.3, -0.25) is 9.78 Å². The van der Waals surface area contributed by atoms with Crippen LogP contribution >= 0.6 is 11.3 Å². The van der Waals surface area contributed by atoms with Gasteiger partial charge in [0, 0.05) is 22.5 Å². The van der Waals surface area contributed by atoms with E-state index in [0.717, 1.165) is 23.0 Å². The van der Waals surface area contributed by atoms with Crippen LogP contribution in [0.4, 0.5) is 0 Å². The zero-order valence-corrected chi connectivity index (χ0v) is 12.6. The molecular weight excluding hydrogens is 280 g/mol. The molecule has 0 aliphatic rings. The molecule has 1 amide bonds. The Kier molecular flexibility index (Phi) is 3.97. The topological polar surface area (TPSA) is 42.0 Å². The normalized spacial score (nSPS) is 10.7. The van der Waals surface area contributed by atoms with Crippen LogP contribution in [0.25, 0.3) is 10.9 Å². The lowest BCUT2D eigenvalue weighted by molar-refractivity contribution is 0.0955. The lowest BCUT2D eigenvalue weighted by atomic mass is 10.1. The van der Waals surface area contributed by atoms with E-state index >= 15 is 0 Å². The predicted molar refractivity (Wildman–Crippen MR) is 86.8 cm³/mol. The molecule has 0 spiro atoms. The minimum absolute atomic E-state index is 0.0340. The largest absolute Gasteiger partial charge is 0.352 e. The summed E-state index contributed by atoms with van der Waals surface area (Å²) >= 11 is 1.71. The zero-order valence-electron chi connectivity index (χ0n) is 11.8. The molecule has 0 fully saturated rings. The van der Waals surface area contributed by atoms with Gasteiger partial charge in [0.1, 0.15) is 0 Å². The summed E-state index contributed by atoms with van der Waals surface area (Å²) in [4.78, 5) is 18.1. The van der Waals surface area contributed by atoms with E-state index in [2.05, 4.69) is 21.7 Å². The van der Waals surface area contributed by atoms with E-state index in [0.29, 0.717) is 12.1 Å². The standard InChI is InChI=1S/C17H16N2OS/c1-12-11-15(14-6-2-3-7-16(14)19-12)17(20)18-9-8-13-5-4-10-21-13/h2-7,10-11H,8-9H2,1H3,(H,18,20). The number of pyridine rings is 1. The monoisotopic (exact) mass is 296 g/mol. The van der Waals surface area contributed by atoms with Crippen LogP contribution in [0.3, 0.4) is 0 Å². The van der Waals surface area contributed by atoms with E-state index < -0.39 is 0 Å². The van der Waals surface area contributed by atoms with Crippen molar-refractivity contribution in [1.29, 1.82) is 0 Å². The van der Waals surface area contributed by atoms with Crippen molar-refractivity contribution in [3.05, 3.63) is 64.0 Å². The van der Waals surface area contributed by atoms with Crippen LogP contribution in [0.15, 0.2) is 47.8 Å². The first-order valence-corrected chi connectivity index (χ1v) is 7.79. The van der Waals surface area contributed by atoms with E-state index in [1.807, 2.05) is 43.3 Å². The number of aromatic nitrogens is 1. The number of nitrogens with zero attached hydrogens (tertiary/aromatic N) is 1. The number of carbonyl (C=O) groups excluding carboxylic acids is 1. The number of amides is 1. The fourth-order valence-electron chi connectivity index (χ4n) is 2.34. The van der Waals surface area contributed by atoms with Gasteiger partial charge in [0.15, 0.2) is 0 Å². The number of thiophene rings is 1. The number of para-hydroxylation sites is 1. The number of hydrogen-bond donors (Lipinski definition) is 1. The van der Waals surface area contributed by atoms with Crippen molar-refractivity contribution in [3.63, 3.8) is 0 Å². The van der Waals surface area contributed by atoms with Crippen molar-refractivity contribution in [3.8, 4) is 0 Å². The highest BCUT2D eigenvalue weighted by molar-refractivity contribution is 7.09. The molecule has 0 saturated heterocycles. The zero-order chi connectivity index (χ0) is 14.7. The molecule has 2 aromatic heterocycles. The van der Waals surface area contributed by atoms with Crippen LogP contribution < -0.4 is 5.32 Å². The van der Waals surface area contributed by atoms with Crippen molar-refractivity contribution >= 4 is 28.1 Å². The Bertz CT molecular complexity index is 766. The van der Waals surface area contributed by atoms with Crippen LogP contribution in [0, 0.1) is 6.92 Å². The molecule has 0 radical (unpaired) electrons. The molecule has 0 atom stereocenters. The summed E-state index contributed by atoms with van der Waals surface area (Å²) in [7, 11) is 0. The van der Waals surface area contributed by atoms with Crippen molar-refractivity contribution < 1.29 is 4.79 Å². The molecule has 4 heteroatoms. The Hall–Kier alpha value is -2.20. The molecule has 21 heavy (non-hydrogen) atoms. The molecule has 2 heterocycles. The third-order valence-electron chi connectivity index (χ3n) is 3.33. The SMILES string of the molecule is Cc1cc(C(=O)NCCc2cccs2)c2ccccc2n1. The van der Waals surface area contributed by atoms with Crippen molar-refractivity contribution in [1.82, 2.24) is 10.3 Å². The molecule has 3 rings (SSSR count). The van der Waals surface area contributed by atoms with Gasteiger partial charge in [-0.15, -0.1) is 11.3 Å². The smallest absolute Gasteiger partial charge is 0.252 e. The summed E-state index contributed by atoms with van der Waals surface area (Å²) in [5.41, 5.74) is 2.42. The summed E-state index contributed by atoms with van der Waals surface area (Å²) in [5.74, 6) is -0.0340. The number of benzene rings is 1. The van der Waals surface area contributed by atoms with Crippen LogP contribution in [-0.2, 0) is 6.42 Å². The number of rotatable bonds is 4. The number of aryl methyl sites for hydroxylation is 1. The quantitative estimate of drug-likeness (QED) is 0.799. The van der Waals surface area contributed by atoms with Crippen LogP contribution in [0.1, 0.15) is 20.9 Å². The van der Waals surface area contributed by atoms with E-state index in [-0.39, 0.29) is 5.91 Å². The third-order valence-corrected chi connectivity index (χ3v) is 4.26. The summed E-state index contributed by atoms with van der Waals surface area (Å²) in [6, 6.07) is 13.7. The summed E-state index contributed by atoms with van der Waals surface area (Å²) in [6.07, 6.45) is 0.866. The van der Waals surface area contributed by atoms with Gasteiger partial charge in [0.05, 0.1) is 11.1 Å². The van der Waals surface area contributed by atoms with Gasteiger partial charge in [-0.2, -0.15) is 0 Å². The van der Waals surface area contributed by atoms with Crippen LogP contribution in [-0.4, -0.2) is 17.4 Å². The first-order valence-electron chi connectivity index (χ1n) is 6.91. The maximum Gasteiger partial charge on any atom is 0.252 e.